The van der Waals surface area contributed by atoms with E-state index in [1.807, 2.05) is 0 Å². The number of aromatic nitrogens is 1. The summed E-state index contributed by atoms with van der Waals surface area (Å²) in [6, 6.07) is 1.61. The molecular formula is C18H30N2O5Si. The van der Waals surface area contributed by atoms with Crippen molar-refractivity contribution >= 4 is 14.0 Å². The van der Waals surface area contributed by atoms with Gasteiger partial charge in [-0.15, -0.1) is 0 Å². The molecule has 1 N–H and O–H groups in total. The summed E-state index contributed by atoms with van der Waals surface area (Å²) in [5, 5.41) is 22.3. The van der Waals surface area contributed by atoms with Crippen LogP contribution in [0.5, 0.6) is 0 Å². The molecule has 4 atom stereocenters. The molecule has 0 spiro atoms. The Bertz CT molecular complexity index is 672. The second-order valence-corrected chi connectivity index (χ2v) is 13.5. The Morgan fingerprint density at radius 2 is 2.08 bits per heavy atom. The third kappa shape index (κ3) is 3.98. The van der Waals surface area contributed by atoms with Gasteiger partial charge in [0.2, 0.25) is 0 Å². The Hall–Kier alpha value is -1.35. The van der Waals surface area contributed by atoms with Gasteiger partial charge in [0.25, 0.3) is 5.69 Å². The van der Waals surface area contributed by atoms with Gasteiger partial charge in [-0.05, 0) is 38.0 Å². The highest BCUT2D eigenvalue weighted by Gasteiger charge is 2.50. The van der Waals surface area contributed by atoms with Crippen LogP contribution >= 0.6 is 0 Å². The SMILES string of the molecule is C[C@H]1O[C@@H](c2ccncc2[N+](=O)[O-])C[C@@H](O[Si](C)(C)C(C)(C)C)[C@]1(C)O. The Kier molecular flexibility index (Phi) is 5.63. The van der Waals surface area contributed by atoms with E-state index < -0.39 is 37.2 Å². The van der Waals surface area contributed by atoms with Crippen LogP contribution in [0.4, 0.5) is 5.69 Å². The Morgan fingerprint density at radius 3 is 2.62 bits per heavy atom. The zero-order valence-electron chi connectivity index (χ0n) is 16.6. The van der Waals surface area contributed by atoms with E-state index in [1.54, 1.807) is 19.9 Å². The molecule has 2 heterocycles. The number of rotatable bonds is 4. The van der Waals surface area contributed by atoms with Crippen molar-refractivity contribution in [1.82, 2.24) is 4.98 Å². The van der Waals surface area contributed by atoms with Crippen LogP contribution in [0, 0.1) is 10.1 Å². The first-order valence-electron chi connectivity index (χ1n) is 8.91. The first-order chi connectivity index (χ1) is 11.8. The summed E-state index contributed by atoms with van der Waals surface area (Å²) in [4.78, 5) is 14.7. The van der Waals surface area contributed by atoms with Gasteiger partial charge in [0, 0.05) is 12.6 Å². The number of nitrogens with zero attached hydrogens (tertiary/aromatic N) is 2. The summed E-state index contributed by atoms with van der Waals surface area (Å²) in [6.45, 7) is 14.2. The van der Waals surface area contributed by atoms with Crippen molar-refractivity contribution < 1.29 is 19.2 Å². The van der Waals surface area contributed by atoms with E-state index in [4.69, 9.17) is 9.16 Å². The monoisotopic (exact) mass is 382 g/mol. The highest BCUT2D eigenvalue weighted by molar-refractivity contribution is 6.74. The van der Waals surface area contributed by atoms with Gasteiger partial charge in [0.05, 0.1) is 28.8 Å². The Balaban J connectivity index is 2.36. The first kappa shape index (κ1) is 21.0. The summed E-state index contributed by atoms with van der Waals surface area (Å²) in [7, 11) is -2.14. The van der Waals surface area contributed by atoms with Crippen molar-refractivity contribution in [2.45, 2.75) is 83.1 Å². The van der Waals surface area contributed by atoms with Gasteiger partial charge in [-0.1, -0.05) is 20.8 Å². The summed E-state index contributed by atoms with van der Waals surface area (Å²) >= 11 is 0. The third-order valence-corrected chi connectivity index (χ3v) is 10.4. The number of pyridine rings is 1. The van der Waals surface area contributed by atoms with Crippen LogP contribution in [0.3, 0.4) is 0 Å². The number of hydrogen-bond donors (Lipinski definition) is 1. The molecular weight excluding hydrogens is 352 g/mol. The average molecular weight is 383 g/mol. The van der Waals surface area contributed by atoms with Crippen molar-refractivity contribution in [1.29, 1.82) is 0 Å². The van der Waals surface area contributed by atoms with E-state index in [1.165, 1.54) is 12.4 Å². The molecule has 2 rings (SSSR count). The quantitative estimate of drug-likeness (QED) is 0.481. The lowest BCUT2D eigenvalue weighted by Gasteiger charge is -2.49. The minimum Gasteiger partial charge on any atom is -0.411 e. The maximum absolute atomic E-state index is 11.4. The largest absolute Gasteiger partial charge is 0.411 e. The maximum Gasteiger partial charge on any atom is 0.293 e. The zero-order valence-corrected chi connectivity index (χ0v) is 17.6. The second-order valence-electron chi connectivity index (χ2n) is 8.79. The summed E-state index contributed by atoms with van der Waals surface area (Å²) in [5.41, 5.74) is -0.776. The fraction of sp³-hybridized carbons (Fsp3) is 0.722. The summed E-state index contributed by atoms with van der Waals surface area (Å²) in [6.07, 6.45) is 1.60. The molecule has 0 saturated carbocycles. The Morgan fingerprint density at radius 1 is 1.46 bits per heavy atom. The van der Waals surface area contributed by atoms with E-state index in [2.05, 4.69) is 38.8 Å². The molecule has 1 saturated heterocycles. The topological polar surface area (TPSA) is 94.7 Å². The zero-order chi connectivity index (χ0) is 19.9. The fourth-order valence-corrected chi connectivity index (χ4v) is 4.26. The minimum absolute atomic E-state index is 0.0111. The highest BCUT2D eigenvalue weighted by atomic mass is 28.4. The Labute approximate surface area is 156 Å². The lowest BCUT2D eigenvalue weighted by Crippen LogP contribution is -2.59. The molecule has 0 radical (unpaired) electrons. The van der Waals surface area contributed by atoms with Gasteiger partial charge in [-0.3, -0.25) is 15.1 Å². The molecule has 0 aliphatic carbocycles. The number of nitro groups is 1. The van der Waals surface area contributed by atoms with Crippen molar-refractivity contribution in [3.63, 3.8) is 0 Å². The van der Waals surface area contributed by atoms with Crippen LogP contribution in [0.2, 0.25) is 18.1 Å². The lowest BCUT2D eigenvalue weighted by atomic mass is 9.84. The highest BCUT2D eigenvalue weighted by Crippen LogP contribution is 2.45. The fourth-order valence-electron chi connectivity index (χ4n) is 2.86. The standard InChI is InChI=1S/C18H30N2O5Si/c1-12-18(5,21)16(25-26(6,7)17(2,3)4)10-15(24-12)13-8-9-19-11-14(13)20(22)23/h8-9,11-12,15-16,21H,10H2,1-7H3/t12-,15-,16-,18-/m1/s1. The van der Waals surface area contributed by atoms with Crippen LogP contribution in [-0.4, -0.2) is 41.1 Å². The van der Waals surface area contributed by atoms with Gasteiger partial charge in [-0.25, -0.2) is 0 Å². The molecule has 1 aliphatic heterocycles. The molecule has 146 valence electrons. The minimum atomic E-state index is -2.14. The molecule has 0 aromatic carbocycles. The predicted molar refractivity (Wildman–Crippen MR) is 101 cm³/mol. The normalized spacial score (nSPS) is 30.2. The number of hydrogen-bond acceptors (Lipinski definition) is 6. The molecule has 1 aromatic heterocycles. The van der Waals surface area contributed by atoms with Gasteiger partial charge >= 0.3 is 0 Å². The third-order valence-electron chi connectivity index (χ3n) is 5.89. The molecule has 26 heavy (non-hydrogen) atoms. The van der Waals surface area contributed by atoms with Crippen molar-refractivity contribution in [2.75, 3.05) is 0 Å². The van der Waals surface area contributed by atoms with Gasteiger partial charge in [-0.2, -0.15) is 0 Å². The molecule has 0 amide bonds. The average Bonchev–Trinajstić information content (AvgIpc) is 2.50. The number of ether oxygens (including phenoxy) is 1. The van der Waals surface area contributed by atoms with Gasteiger partial charge < -0.3 is 14.3 Å². The van der Waals surface area contributed by atoms with Gasteiger partial charge in [0.1, 0.15) is 11.8 Å². The number of aliphatic hydroxyl groups is 1. The summed E-state index contributed by atoms with van der Waals surface area (Å²) in [5.74, 6) is 0. The van der Waals surface area contributed by atoms with E-state index in [0.29, 0.717) is 12.0 Å². The molecule has 0 unspecified atom stereocenters. The second kappa shape index (κ2) is 6.99. The van der Waals surface area contributed by atoms with Crippen LogP contribution < -0.4 is 0 Å². The van der Waals surface area contributed by atoms with Crippen molar-refractivity contribution in [3.8, 4) is 0 Å². The molecule has 7 nitrogen and oxygen atoms in total. The molecule has 8 heteroatoms. The van der Waals surface area contributed by atoms with Gasteiger partial charge in [0.15, 0.2) is 8.32 Å². The van der Waals surface area contributed by atoms with Crippen LogP contribution in [0.1, 0.15) is 52.7 Å². The van der Waals surface area contributed by atoms with E-state index in [-0.39, 0.29) is 10.7 Å². The predicted octanol–water partition coefficient (Wildman–Crippen LogP) is 3.98. The lowest BCUT2D eigenvalue weighted by molar-refractivity contribution is -0.387. The molecule has 1 aromatic rings. The van der Waals surface area contributed by atoms with Crippen LogP contribution in [0.25, 0.3) is 0 Å². The van der Waals surface area contributed by atoms with E-state index in [9.17, 15) is 15.2 Å². The first-order valence-corrected chi connectivity index (χ1v) is 11.8. The van der Waals surface area contributed by atoms with E-state index in [0.717, 1.165) is 0 Å². The molecule has 1 aliphatic rings. The molecule has 0 bridgehead atoms. The van der Waals surface area contributed by atoms with Crippen molar-refractivity contribution in [2.24, 2.45) is 0 Å². The van der Waals surface area contributed by atoms with E-state index >= 15 is 0 Å². The maximum atomic E-state index is 11.4. The molecule has 1 fully saturated rings. The van der Waals surface area contributed by atoms with Crippen LogP contribution in [0.15, 0.2) is 18.5 Å². The van der Waals surface area contributed by atoms with Crippen molar-refractivity contribution in [3.05, 3.63) is 34.1 Å². The smallest absolute Gasteiger partial charge is 0.293 e. The van der Waals surface area contributed by atoms with Crippen LogP contribution in [-0.2, 0) is 9.16 Å². The summed E-state index contributed by atoms with van der Waals surface area (Å²) < 4.78 is 12.5.